The molecular weight excluding hydrogens is 271 g/mol. The van der Waals surface area contributed by atoms with Gasteiger partial charge in [-0.3, -0.25) is 0 Å². The summed E-state index contributed by atoms with van der Waals surface area (Å²) >= 11 is 0. The van der Waals surface area contributed by atoms with E-state index in [1.165, 1.54) is 18.2 Å². The van der Waals surface area contributed by atoms with E-state index >= 15 is 0 Å². The van der Waals surface area contributed by atoms with Crippen LogP contribution in [0.5, 0.6) is 5.75 Å². The highest BCUT2D eigenvalue weighted by molar-refractivity contribution is 5.36. The van der Waals surface area contributed by atoms with Crippen LogP contribution >= 0.6 is 0 Å². The molecule has 1 heterocycles. The highest BCUT2D eigenvalue weighted by atomic mass is 19.4. The zero-order valence-electron chi connectivity index (χ0n) is 11.0. The summed E-state index contributed by atoms with van der Waals surface area (Å²) in [5.74, 6) is 0.499. The third-order valence-corrected chi connectivity index (χ3v) is 2.80. The standard InChI is InChI=1S/C14H14F3NO2/c1-9-6-11(8-19-9)13(18-2)10-4-3-5-12(7-10)20-14(15,16)17/h3-8,13,18H,1-2H3. The lowest BCUT2D eigenvalue weighted by Gasteiger charge is -2.16. The fraction of sp³-hybridized carbons (Fsp3) is 0.286. The van der Waals surface area contributed by atoms with Gasteiger partial charge in [0.25, 0.3) is 0 Å². The van der Waals surface area contributed by atoms with Gasteiger partial charge in [-0.25, -0.2) is 0 Å². The largest absolute Gasteiger partial charge is 0.573 e. The fourth-order valence-corrected chi connectivity index (χ4v) is 2.03. The Morgan fingerprint density at radius 1 is 1.20 bits per heavy atom. The molecule has 0 aliphatic rings. The molecule has 108 valence electrons. The van der Waals surface area contributed by atoms with Crippen molar-refractivity contribution in [2.24, 2.45) is 0 Å². The number of aryl methyl sites for hydroxylation is 1. The van der Waals surface area contributed by atoms with Crippen molar-refractivity contribution >= 4 is 0 Å². The number of hydrogen-bond acceptors (Lipinski definition) is 3. The van der Waals surface area contributed by atoms with Crippen molar-refractivity contribution in [2.45, 2.75) is 19.3 Å². The number of rotatable bonds is 4. The first-order valence-electron chi connectivity index (χ1n) is 5.97. The second-order valence-corrected chi connectivity index (χ2v) is 4.33. The van der Waals surface area contributed by atoms with Crippen LogP contribution in [0.3, 0.4) is 0 Å². The molecule has 0 amide bonds. The van der Waals surface area contributed by atoms with E-state index in [1.54, 1.807) is 26.3 Å². The van der Waals surface area contributed by atoms with Crippen LogP contribution < -0.4 is 10.1 Å². The van der Waals surface area contributed by atoms with Crippen molar-refractivity contribution < 1.29 is 22.3 Å². The van der Waals surface area contributed by atoms with Crippen molar-refractivity contribution in [1.82, 2.24) is 5.32 Å². The van der Waals surface area contributed by atoms with Crippen LogP contribution in [0.15, 0.2) is 41.0 Å². The SMILES string of the molecule is CNC(c1cccc(OC(F)(F)F)c1)c1coc(C)c1. The molecule has 1 N–H and O–H groups in total. The van der Waals surface area contributed by atoms with Gasteiger partial charge in [0.2, 0.25) is 0 Å². The second-order valence-electron chi connectivity index (χ2n) is 4.33. The normalized spacial score (nSPS) is 13.2. The van der Waals surface area contributed by atoms with Crippen molar-refractivity contribution in [3.63, 3.8) is 0 Å². The fourth-order valence-electron chi connectivity index (χ4n) is 2.03. The van der Waals surface area contributed by atoms with E-state index in [9.17, 15) is 13.2 Å². The molecule has 0 radical (unpaired) electrons. The summed E-state index contributed by atoms with van der Waals surface area (Å²) in [4.78, 5) is 0. The third kappa shape index (κ3) is 3.54. The van der Waals surface area contributed by atoms with E-state index < -0.39 is 6.36 Å². The molecule has 2 aromatic rings. The van der Waals surface area contributed by atoms with Crippen LogP contribution in [0, 0.1) is 6.92 Å². The smallest absolute Gasteiger partial charge is 0.469 e. The maximum Gasteiger partial charge on any atom is 0.573 e. The average Bonchev–Trinajstić information content (AvgIpc) is 2.75. The molecule has 2 rings (SSSR count). The molecule has 0 saturated carbocycles. The van der Waals surface area contributed by atoms with E-state index in [0.717, 1.165) is 11.3 Å². The van der Waals surface area contributed by atoms with Crippen molar-refractivity contribution in [2.75, 3.05) is 7.05 Å². The Kier molecular flexibility index (Phi) is 4.04. The number of nitrogens with one attached hydrogen (secondary N) is 1. The van der Waals surface area contributed by atoms with Gasteiger partial charge >= 0.3 is 6.36 Å². The minimum absolute atomic E-state index is 0.240. The minimum Gasteiger partial charge on any atom is -0.469 e. The molecule has 20 heavy (non-hydrogen) atoms. The predicted molar refractivity (Wildman–Crippen MR) is 67.5 cm³/mol. The van der Waals surface area contributed by atoms with Gasteiger partial charge in [-0.15, -0.1) is 13.2 Å². The maximum absolute atomic E-state index is 12.2. The van der Waals surface area contributed by atoms with Crippen LogP contribution in [-0.2, 0) is 0 Å². The quantitative estimate of drug-likeness (QED) is 0.928. The topological polar surface area (TPSA) is 34.4 Å². The Labute approximate surface area is 114 Å². The van der Waals surface area contributed by atoms with Gasteiger partial charge in [-0.05, 0) is 37.7 Å². The van der Waals surface area contributed by atoms with Gasteiger partial charge in [0.05, 0.1) is 12.3 Å². The lowest BCUT2D eigenvalue weighted by atomic mass is 10.0. The first-order chi connectivity index (χ1) is 9.39. The molecular formula is C14H14F3NO2. The molecule has 1 atom stereocenters. The van der Waals surface area contributed by atoms with Crippen molar-refractivity contribution in [1.29, 1.82) is 0 Å². The summed E-state index contributed by atoms with van der Waals surface area (Å²) in [6, 6.07) is 7.45. The summed E-state index contributed by atoms with van der Waals surface area (Å²) < 4.78 is 45.8. The Bertz CT molecular complexity index is 578. The lowest BCUT2D eigenvalue weighted by molar-refractivity contribution is -0.274. The zero-order valence-corrected chi connectivity index (χ0v) is 11.0. The van der Waals surface area contributed by atoms with Gasteiger partial charge in [0.15, 0.2) is 0 Å². The number of halogens is 3. The molecule has 1 aromatic heterocycles. The van der Waals surface area contributed by atoms with E-state index in [-0.39, 0.29) is 11.8 Å². The number of ether oxygens (including phenoxy) is 1. The first kappa shape index (κ1) is 14.5. The maximum atomic E-state index is 12.2. The van der Waals surface area contributed by atoms with Crippen LogP contribution in [0.2, 0.25) is 0 Å². The van der Waals surface area contributed by atoms with E-state index in [4.69, 9.17) is 4.42 Å². The molecule has 0 aliphatic heterocycles. The second kappa shape index (κ2) is 5.58. The van der Waals surface area contributed by atoms with E-state index in [0.29, 0.717) is 5.56 Å². The number of alkyl halides is 3. The zero-order chi connectivity index (χ0) is 14.8. The Balaban J connectivity index is 2.29. The van der Waals surface area contributed by atoms with Gasteiger partial charge in [-0.1, -0.05) is 12.1 Å². The number of benzene rings is 1. The van der Waals surface area contributed by atoms with E-state index in [2.05, 4.69) is 10.1 Å². The van der Waals surface area contributed by atoms with Gasteiger partial charge in [0, 0.05) is 5.56 Å². The van der Waals surface area contributed by atoms with Gasteiger partial charge in [0.1, 0.15) is 11.5 Å². The summed E-state index contributed by atoms with van der Waals surface area (Å²) in [5.41, 5.74) is 1.50. The molecule has 0 aliphatic carbocycles. The molecule has 1 unspecified atom stereocenters. The van der Waals surface area contributed by atoms with Gasteiger partial charge < -0.3 is 14.5 Å². The Morgan fingerprint density at radius 2 is 1.95 bits per heavy atom. The summed E-state index contributed by atoms with van der Waals surface area (Å²) in [7, 11) is 1.73. The van der Waals surface area contributed by atoms with Crippen LogP contribution in [0.4, 0.5) is 13.2 Å². The molecule has 0 spiro atoms. The number of furan rings is 1. The first-order valence-corrected chi connectivity index (χ1v) is 5.97. The van der Waals surface area contributed by atoms with Crippen LogP contribution in [0.25, 0.3) is 0 Å². The number of hydrogen-bond donors (Lipinski definition) is 1. The van der Waals surface area contributed by atoms with Gasteiger partial charge in [-0.2, -0.15) is 0 Å². The summed E-state index contributed by atoms with van der Waals surface area (Å²) in [5, 5.41) is 3.04. The highest BCUT2D eigenvalue weighted by Crippen LogP contribution is 2.28. The highest BCUT2D eigenvalue weighted by Gasteiger charge is 2.31. The molecule has 1 aromatic carbocycles. The molecule has 6 heteroatoms. The summed E-state index contributed by atoms with van der Waals surface area (Å²) in [6.45, 7) is 1.80. The van der Waals surface area contributed by atoms with Crippen LogP contribution in [-0.4, -0.2) is 13.4 Å². The Hall–Kier alpha value is -1.95. The van der Waals surface area contributed by atoms with E-state index in [1.807, 2.05) is 6.07 Å². The summed E-state index contributed by atoms with van der Waals surface area (Å²) in [6.07, 6.45) is -3.12. The molecule has 3 nitrogen and oxygen atoms in total. The average molecular weight is 285 g/mol. The van der Waals surface area contributed by atoms with Crippen molar-refractivity contribution in [3.8, 4) is 5.75 Å². The Morgan fingerprint density at radius 3 is 2.50 bits per heavy atom. The third-order valence-electron chi connectivity index (χ3n) is 2.80. The monoisotopic (exact) mass is 285 g/mol. The van der Waals surface area contributed by atoms with Crippen molar-refractivity contribution in [3.05, 3.63) is 53.5 Å². The minimum atomic E-state index is -4.69. The predicted octanol–water partition coefficient (Wildman–Crippen LogP) is 3.80. The molecule has 0 saturated heterocycles. The molecule has 0 fully saturated rings. The van der Waals surface area contributed by atoms with Crippen LogP contribution in [0.1, 0.15) is 22.9 Å². The lowest BCUT2D eigenvalue weighted by Crippen LogP contribution is -2.19. The molecule has 0 bridgehead atoms.